The van der Waals surface area contributed by atoms with Gasteiger partial charge in [-0.05, 0) is 42.5 Å². The third-order valence-corrected chi connectivity index (χ3v) is 4.11. The minimum atomic E-state index is 0.544. The summed E-state index contributed by atoms with van der Waals surface area (Å²) in [6.45, 7) is 0. The molecule has 0 saturated heterocycles. The van der Waals surface area contributed by atoms with Crippen LogP contribution in [0.3, 0.4) is 0 Å². The third kappa shape index (κ3) is 2.06. The molecule has 108 valence electrons. The molecule has 2 aromatic carbocycles. The summed E-state index contributed by atoms with van der Waals surface area (Å²) in [6.07, 6.45) is 1.95. The molecule has 6 heteroatoms. The van der Waals surface area contributed by atoms with Crippen LogP contribution in [0.15, 0.2) is 54.7 Å². The summed E-state index contributed by atoms with van der Waals surface area (Å²) in [5.41, 5.74) is 2.98. The van der Waals surface area contributed by atoms with Crippen molar-refractivity contribution in [2.45, 2.75) is 0 Å². The summed E-state index contributed by atoms with van der Waals surface area (Å²) >= 11 is 11.4. The van der Waals surface area contributed by atoms with Gasteiger partial charge in [0, 0.05) is 27.7 Å². The van der Waals surface area contributed by atoms with Gasteiger partial charge in [0.05, 0.1) is 5.69 Å². The Morgan fingerprint density at radius 2 is 1.82 bits per heavy atom. The number of nitrogens with one attached hydrogen (secondary N) is 2. The lowest BCUT2D eigenvalue weighted by molar-refractivity contribution is 1.04. The molecule has 0 amide bonds. The number of aromatic nitrogens is 4. The molecule has 0 aliphatic rings. The van der Waals surface area contributed by atoms with E-state index in [1.54, 1.807) is 0 Å². The standard InChI is InChI=1S/C16H11ClN4S/c17-10-5-7-11(8-6-10)21-15(19-20-16(21)22)13-9-18-14-4-2-1-3-12(13)14/h1-9,18H,(H,20,22). The summed E-state index contributed by atoms with van der Waals surface area (Å²) in [5.74, 6) is 0.768. The number of nitrogens with zero attached hydrogens (tertiary/aromatic N) is 2. The molecule has 0 spiro atoms. The molecule has 4 rings (SSSR count). The van der Waals surface area contributed by atoms with Crippen LogP contribution in [0, 0.1) is 4.77 Å². The zero-order chi connectivity index (χ0) is 15.1. The van der Waals surface area contributed by atoms with Gasteiger partial charge in [0.2, 0.25) is 0 Å². The number of aromatic amines is 2. The fourth-order valence-electron chi connectivity index (χ4n) is 2.56. The van der Waals surface area contributed by atoms with Crippen molar-refractivity contribution in [2.75, 3.05) is 0 Å². The Labute approximate surface area is 136 Å². The predicted molar refractivity (Wildman–Crippen MR) is 91.1 cm³/mol. The molecule has 4 nitrogen and oxygen atoms in total. The summed E-state index contributed by atoms with van der Waals surface area (Å²) in [6, 6.07) is 15.6. The third-order valence-electron chi connectivity index (χ3n) is 3.59. The molecule has 0 radical (unpaired) electrons. The number of hydrogen-bond donors (Lipinski definition) is 2. The average molecular weight is 327 g/mol. The highest BCUT2D eigenvalue weighted by atomic mass is 35.5. The zero-order valence-corrected chi connectivity index (χ0v) is 12.9. The minimum absolute atomic E-state index is 0.544. The lowest BCUT2D eigenvalue weighted by Gasteiger charge is -2.06. The van der Waals surface area contributed by atoms with Crippen molar-refractivity contribution in [1.82, 2.24) is 19.7 Å². The van der Waals surface area contributed by atoms with Gasteiger partial charge in [-0.2, -0.15) is 5.10 Å². The van der Waals surface area contributed by atoms with E-state index in [-0.39, 0.29) is 0 Å². The van der Waals surface area contributed by atoms with Crippen molar-refractivity contribution >= 4 is 34.7 Å². The first kappa shape index (κ1) is 13.3. The van der Waals surface area contributed by atoms with E-state index in [4.69, 9.17) is 23.8 Å². The summed E-state index contributed by atoms with van der Waals surface area (Å²) in [7, 11) is 0. The topological polar surface area (TPSA) is 49.4 Å². The van der Waals surface area contributed by atoms with Crippen LogP contribution < -0.4 is 0 Å². The molecular weight excluding hydrogens is 316 g/mol. The number of para-hydroxylation sites is 1. The molecule has 2 aromatic heterocycles. The summed E-state index contributed by atoms with van der Waals surface area (Å²) in [5, 5.41) is 9.06. The van der Waals surface area contributed by atoms with Crippen molar-refractivity contribution < 1.29 is 0 Å². The van der Waals surface area contributed by atoms with Crippen LogP contribution in [0.2, 0.25) is 5.02 Å². The molecule has 4 aromatic rings. The Hall–Kier alpha value is -2.37. The summed E-state index contributed by atoms with van der Waals surface area (Å²) in [4.78, 5) is 3.26. The SMILES string of the molecule is S=c1[nH]nc(-c2c[nH]c3ccccc23)n1-c1ccc(Cl)cc1. The quantitative estimate of drug-likeness (QED) is 0.523. The van der Waals surface area contributed by atoms with Crippen molar-refractivity contribution in [1.29, 1.82) is 0 Å². The molecule has 0 aliphatic heterocycles. The van der Waals surface area contributed by atoms with Crippen LogP contribution in [0.5, 0.6) is 0 Å². The first-order valence-electron chi connectivity index (χ1n) is 6.74. The fraction of sp³-hybridized carbons (Fsp3) is 0. The van der Waals surface area contributed by atoms with Gasteiger partial charge >= 0.3 is 0 Å². The van der Waals surface area contributed by atoms with Gasteiger partial charge in [-0.25, -0.2) is 0 Å². The van der Waals surface area contributed by atoms with E-state index in [9.17, 15) is 0 Å². The van der Waals surface area contributed by atoms with E-state index < -0.39 is 0 Å². The number of benzene rings is 2. The number of halogens is 1. The van der Waals surface area contributed by atoms with E-state index in [0.717, 1.165) is 28.0 Å². The Balaban J connectivity index is 1.97. The molecule has 2 N–H and O–H groups in total. The highest BCUT2D eigenvalue weighted by Crippen LogP contribution is 2.29. The second kappa shape index (κ2) is 5.12. The Kier molecular flexibility index (Phi) is 3.10. The minimum Gasteiger partial charge on any atom is -0.360 e. The van der Waals surface area contributed by atoms with Crippen LogP contribution >= 0.6 is 23.8 Å². The van der Waals surface area contributed by atoms with Crippen molar-refractivity contribution in [3.8, 4) is 17.1 Å². The zero-order valence-electron chi connectivity index (χ0n) is 11.4. The maximum absolute atomic E-state index is 5.97. The van der Waals surface area contributed by atoms with E-state index >= 15 is 0 Å². The van der Waals surface area contributed by atoms with Crippen LogP contribution in [0.25, 0.3) is 28.0 Å². The van der Waals surface area contributed by atoms with Crippen molar-refractivity contribution in [3.63, 3.8) is 0 Å². The first-order valence-corrected chi connectivity index (χ1v) is 7.52. The molecule has 2 heterocycles. The maximum Gasteiger partial charge on any atom is 0.200 e. The molecule has 0 unspecified atom stereocenters. The number of fused-ring (bicyclic) bond motifs is 1. The van der Waals surface area contributed by atoms with E-state index in [2.05, 4.69) is 21.2 Å². The monoisotopic (exact) mass is 326 g/mol. The van der Waals surface area contributed by atoms with Gasteiger partial charge in [0.1, 0.15) is 0 Å². The van der Waals surface area contributed by atoms with Gasteiger partial charge in [-0.1, -0.05) is 29.8 Å². The Morgan fingerprint density at radius 1 is 1.05 bits per heavy atom. The van der Waals surface area contributed by atoms with Crippen LogP contribution in [0.4, 0.5) is 0 Å². The van der Waals surface area contributed by atoms with Gasteiger partial charge in [-0.3, -0.25) is 9.67 Å². The van der Waals surface area contributed by atoms with Gasteiger partial charge in [0.15, 0.2) is 10.6 Å². The fourth-order valence-corrected chi connectivity index (χ4v) is 2.93. The molecule has 0 fully saturated rings. The maximum atomic E-state index is 5.97. The molecule has 0 bridgehead atoms. The second-order valence-corrected chi connectivity index (χ2v) is 5.74. The van der Waals surface area contributed by atoms with Crippen molar-refractivity contribution in [3.05, 3.63) is 64.5 Å². The Morgan fingerprint density at radius 3 is 2.64 bits per heavy atom. The number of H-pyrrole nitrogens is 2. The van der Waals surface area contributed by atoms with E-state index in [1.807, 2.05) is 53.2 Å². The largest absolute Gasteiger partial charge is 0.360 e. The Bertz CT molecular complexity index is 1010. The second-order valence-electron chi connectivity index (χ2n) is 4.91. The molecule has 0 aliphatic carbocycles. The molecule has 0 atom stereocenters. The smallest absolute Gasteiger partial charge is 0.200 e. The van der Waals surface area contributed by atoms with Gasteiger partial charge in [-0.15, -0.1) is 0 Å². The van der Waals surface area contributed by atoms with Crippen LogP contribution in [0.1, 0.15) is 0 Å². The molecule has 0 saturated carbocycles. The van der Waals surface area contributed by atoms with Crippen LogP contribution in [-0.4, -0.2) is 19.7 Å². The normalized spacial score (nSPS) is 11.1. The van der Waals surface area contributed by atoms with Gasteiger partial charge < -0.3 is 4.98 Å². The lowest BCUT2D eigenvalue weighted by atomic mass is 10.1. The summed E-state index contributed by atoms with van der Waals surface area (Å²) < 4.78 is 2.45. The first-order chi connectivity index (χ1) is 10.7. The van der Waals surface area contributed by atoms with E-state index in [1.165, 1.54) is 0 Å². The number of hydrogen-bond acceptors (Lipinski definition) is 2. The van der Waals surface area contributed by atoms with E-state index in [0.29, 0.717) is 9.79 Å². The highest BCUT2D eigenvalue weighted by Gasteiger charge is 2.14. The van der Waals surface area contributed by atoms with Crippen LogP contribution in [-0.2, 0) is 0 Å². The van der Waals surface area contributed by atoms with Crippen molar-refractivity contribution in [2.24, 2.45) is 0 Å². The molecule has 22 heavy (non-hydrogen) atoms. The average Bonchev–Trinajstić information content (AvgIpc) is 3.12. The van der Waals surface area contributed by atoms with Gasteiger partial charge in [0.25, 0.3) is 0 Å². The number of rotatable bonds is 2. The molecular formula is C16H11ClN4S. The predicted octanol–water partition coefficient (Wildman–Crippen LogP) is 4.73. The lowest BCUT2D eigenvalue weighted by Crippen LogP contribution is -1.97. The highest BCUT2D eigenvalue weighted by molar-refractivity contribution is 7.71.